The molecule has 3 rings (SSSR count). The van der Waals surface area contributed by atoms with E-state index in [1.807, 2.05) is 66.7 Å². The maximum atomic E-state index is 11.2. The van der Waals surface area contributed by atoms with Gasteiger partial charge in [0.2, 0.25) is 0 Å². The molecule has 0 fully saturated rings. The van der Waals surface area contributed by atoms with Crippen LogP contribution in [0.4, 0.5) is 23.1 Å². The summed E-state index contributed by atoms with van der Waals surface area (Å²) in [5.41, 5.74) is 2.43. The second kappa shape index (κ2) is 10.2. The number of rotatable bonds is 5. The van der Waals surface area contributed by atoms with Crippen molar-refractivity contribution in [3.05, 3.63) is 88.0 Å². The molecule has 0 radical (unpaired) electrons. The van der Waals surface area contributed by atoms with Crippen molar-refractivity contribution < 1.29 is 31.3 Å². The third-order valence-corrected chi connectivity index (χ3v) is 3.62. The second-order valence-corrected chi connectivity index (χ2v) is 5.82. The summed E-state index contributed by atoms with van der Waals surface area (Å²) < 4.78 is 49.5. The first kappa shape index (κ1) is 22.6. The zero-order valence-electron chi connectivity index (χ0n) is 15.7. The number of hydrogen-bond acceptors (Lipinski definition) is 3. The minimum Gasteiger partial charge on any atom is -0.497 e. The van der Waals surface area contributed by atoms with E-state index in [9.17, 15) is 27.4 Å². The van der Waals surface area contributed by atoms with Gasteiger partial charge < -0.3 is 22.0 Å². The van der Waals surface area contributed by atoms with Crippen LogP contribution >= 0.6 is 0 Å². The van der Waals surface area contributed by atoms with E-state index in [0.717, 1.165) is 16.9 Å². The lowest BCUT2D eigenvalue weighted by atomic mass is 10.1. The molecule has 0 aliphatic carbocycles. The molecule has 10 heteroatoms. The summed E-state index contributed by atoms with van der Waals surface area (Å²) in [6.45, 7) is 0. The van der Waals surface area contributed by atoms with Crippen LogP contribution in [0.15, 0.2) is 71.1 Å². The third-order valence-electron chi connectivity index (χ3n) is 3.62. The molecule has 0 atom stereocenters. The molecule has 0 spiro atoms. The Labute approximate surface area is 169 Å². The van der Waals surface area contributed by atoms with Crippen molar-refractivity contribution in [1.29, 1.82) is 0 Å². The van der Waals surface area contributed by atoms with E-state index in [2.05, 4.69) is 0 Å². The van der Waals surface area contributed by atoms with Gasteiger partial charge in [0.25, 0.3) is 0 Å². The van der Waals surface area contributed by atoms with E-state index in [1.165, 1.54) is 6.07 Å². The molecule has 1 heterocycles. The fraction of sp³-hybridized carbons (Fsp3) is 0.0500. The van der Waals surface area contributed by atoms with Crippen molar-refractivity contribution in [2.75, 3.05) is 7.11 Å². The van der Waals surface area contributed by atoms with Crippen molar-refractivity contribution >= 4 is 25.3 Å². The normalized spacial score (nSPS) is 11.0. The Balaban J connectivity index is 0.000000575. The van der Waals surface area contributed by atoms with E-state index >= 15 is 0 Å². The van der Waals surface area contributed by atoms with Gasteiger partial charge in [0.1, 0.15) is 11.8 Å². The highest BCUT2D eigenvalue weighted by Crippen LogP contribution is 2.27. The average Bonchev–Trinajstić information content (AvgIpc) is 2.72. The van der Waals surface area contributed by atoms with Crippen LogP contribution in [-0.2, 0) is 0 Å². The summed E-state index contributed by atoms with van der Waals surface area (Å²) in [6, 6.07) is 20.0. The molecule has 0 N–H and O–H groups in total. The highest BCUT2D eigenvalue weighted by Gasteiger charge is 2.26. The third kappa shape index (κ3) is 7.74. The number of nitrogens with zero attached hydrogens (tertiary/aromatic N) is 1. The first-order valence-electron chi connectivity index (χ1n) is 8.53. The number of hydrogen-bond donors (Lipinski definition) is 0. The quantitative estimate of drug-likeness (QED) is 0.153. The van der Waals surface area contributed by atoms with Crippen LogP contribution in [0.5, 0.6) is 5.75 Å². The summed E-state index contributed by atoms with van der Waals surface area (Å²) in [5.74, 6) is 0.928. The van der Waals surface area contributed by atoms with Gasteiger partial charge in [-0.25, -0.2) is 0 Å². The summed E-state index contributed by atoms with van der Waals surface area (Å²) in [6.07, 6.45) is 3.70. The van der Waals surface area contributed by atoms with Gasteiger partial charge in [0.05, 0.1) is 18.7 Å². The Morgan fingerprint density at radius 3 is 2.03 bits per heavy atom. The molecule has 1 aromatic heterocycles. The summed E-state index contributed by atoms with van der Waals surface area (Å²) in [4.78, 5) is 10.6. The molecular formula is C20H16BF4NO4. The molecule has 156 valence electrons. The Morgan fingerprint density at radius 1 is 0.933 bits per heavy atom. The van der Waals surface area contributed by atoms with Gasteiger partial charge in [-0.2, -0.15) is 0 Å². The van der Waals surface area contributed by atoms with Gasteiger partial charge in [-0.1, -0.05) is 42.5 Å². The maximum Gasteiger partial charge on any atom is 0.673 e. The summed E-state index contributed by atoms with van der Waals surface area (Å²) >= 11 is 0. The lowest BCUT2D eigenvalue weighted by Crippen LogP contribution is -2.02. The minimum absolute atomic E-state index is 0.296. The largest absolute Gasteiger partial charge is 0.673 e. The van der Waals surface area contributed by atoms with Gasteiger partial charge in [-0.05, 0) is 29.8 Å². The van der Waals surface area contributed by atoms with Crippen LogP contribution < -0.4 is 4.74 Å². The van der Waals surface area contributed by atoms with E-state index in [4.69, 9.17) is 9.15 Å². The zero-order chi connectivity index (χ0) is 22.1. The molecule has 30 heavy (non-hydrogen) atoms. The molecule has 0 unspecified atom stereocenters. The van der Waals surface area contributed by atoms with E-state index in [-0.39, 0.29) is 5.88 Å². The topological polar surface area (TPSA) is 63.7 Å². The zero-order valence-corrected chi connectivity index (χ0v) is 15.7. The van der Waals surface area contributed by atoms with Crippen LogP contribution in [-0.4, -0.2) is 19.3 Å². The number of benzene rings is 2. The van der Waals surface area contributed by atoms with Crippen molar-refractivity contribution in [2.45, 2.75) is 0 Å². The Kier molecular flexibility index (Phi) is 7.68. The van der Waals surface area contributed by atoms with E-state index in [1.54, 1.807) is 13.2 Å². The van der Waals surface area contributed by atoms with Crippen LogP contribution in [0.1, 0.15) is 11.1 Å². The average molecular weight is 421 g/mol. The van der Waals surface area contributed by atoms with E-state index < -0.39 is 12.2 Å². The SMILES string of the molecule is COc1ccc(C=Cc2cc(-c3ccccc3)[o+]c([N+](=O)[O-])c2)cc1.F[B-](F)(F)F. The molecule has 2 aromatic carbocycles. The van der Waals surface area contributed by atoms with Crippen LogP contribution in [0.2, 0.25) is 0 Å². The number of ether oxygens (including phenoxy) is 1. The number of methoxy groups -OCH3 is 1. The fourth-order valence-electron chi connectivity index (χ4n) is 2.35. The number of nitro groups is 1. The molecule has 0 aliphatic heterocycles. The summed E-state index contributed by atoms with van der Waals surface area (Å²) in [5, 5.41) is 11.2. The maximum absolute atomic E-state index is 11.2. The predicted octanol–water partition coefficient (Wildman–Crippen LogP) is 6.61. The monoisotopic (exact) mass is 421 g/mol. The Morgan fingerprint density at radius 2 is 1.50 bits per heavy atom. The number of halogens is 4. The van der Waals surface area contributed by atoms with Gasteiger partial charge in [0.15, 0.2) is 4.92 Å². The molecule has 0 aliphatic rings. The minimum atomic E-state index is -6.00. The first-order valence-corrected chi connectivity index (χ1v) is 8.53. The second-order valence-electron chi connectivity index (χ2n) is 5.82. The van der Waals surface area contributed by atoms with E-state index in [0.29, 0.717) is 11.3 Å². The molecular weight excluding hydrogens is 405 g/mol. The first-order chi connectivity index (χ1) is 14.2. The lowest BCUT2D eigenvalue weighted by molar-refractivity contribution is -0.402. The lowest BCUT2D eigenvalue weighted by Gasteiger charge is -1.99. The van der Waals surface area contributed by atoms with Gasteiger partial charge in [0, 0.05) is 5.56 Å². The fourth-order valence-corrected chi connectivity index (χ4v) is 2.35. The molecule has 3 aromatic rings. The molecule has 0 amide bonds. The highest BCUT2D eigenvalue weighted by molar-refractivity contribution is 6.50. The Hall–Kier alpha value is -3.69. The predicted molar refractivity (Wildman–Crippen MR) is 107 cm³/mol. The standard InChI is InChI=1S/C20H16NO4.BF4/c1-24-18-11-9-15(10-12-18)7-8-16-13-19(17-5-3-2-4-6-17)25-20(14-16)21(22)23;2-1(3,4)5/h2-14H,1H3;/q+1;-1. The smallest absolute Gasteiger partial charge is 0.497 e. The molecule has 0 saturated heterocycles. The summed E-state index contributed by atoms with van der Waals surface area (Å²) in [7, 11) is -4.39. The molecule has 5 nitrogen and oxygen atoms in total. The van der Waals surface area contributed by atoms with Crippen LogP contribution in [0, 0.1) is 10.1 Å². The Bertz CT molecular complexity index is 1000. The highest BCUT2D eigenvalue weighted by atomic mass is 19.5. The van der Waals surface area contributed by atoms with Gasteiger partial charge in [-0.3, -0.25) is 10.1 Å². The van der Waals surface area contributed by atoms with Crippen molar-refractivity contribution in [3.8, 4) is 17.1 Å². The van der Waals surface area contributed by atoms with Gasteiger partial charge >= 0.3 is 18.9 Å². The van der Waals surface area contributed by atoms with Crippen LogP contribution in [0.3, 0.4) is 0 Å². The van der Waals surface area contributed by atoms with Crippen LogP contribution in [0.25, 0.3) is 23.5 Å². The molecule has 0 saturated carbocycles. The van der Waals surface area contributed by atoms with Crippen molar-refractivity contribution in [2.24, 2.45) is 0 Å². The molecule has 0 bridgehead atoms. The van der Waals surface area contributed by atoms with Crippen molar-refractivity contribution in [1.82, 2.24) is 0 Å². The van der Waals surface area contributed by atoms with Crippen molar-refractivity contribution in [3.63, 3.8) is 0 Å². The van der Waals surface area contributed by atoms with Gasteiger partial charge in [-0.15, -0.1) is 4.42 Å².